The van der Waals surface area contributed by atoms with Crippen molar-refractivity contribution >= 4 is 0 Å². The van der Waals surface area contributed by atoms with E-state index in [0.717, 1.165) is 0 Å². The number of aromatic hydroxyl groups is 1. The lowest BCUT2D eigenvalue weighted by Gasteiger charge is -2.05. The van der Waals surface area contributed by atoms with Crippen LogP contribution in [0.5, 0.6) is 5.75 Å². The molecule has 0 aliphatic heterocycles. The minimum absolute atomic E-state index is 0.0667. The lowest BCUT2D eigenvalue weighted by molar-refractivity contribution is -0.491. The van der Waals surface area contributed by atoms with Crippen LogP contribution in [0.15, 0.2) is 24.3 Å². The maximum Gasteiger partial charge on any atom is 0.233 e. The van der Waals surface area contributed by atoms with Gasteiger partial charge in [-0.05, 0) is 17.7 Å². The average molecular weight is 183 g/mol. The molecule has 0 heterocycles. The number of aliphatic hydroxyl groups is 1. The Labute approximate surface area is 74.4 Å². The first-order chi connectivity index (χ1) is 6.09. The van der Waals surface area contributed by atoms with Crippen LogP contribution in [-0.2, 0) is 0 Å². The number of hydrogen-bond acceptors (Lipinski definition) is 4. The number of nitrogens with zero attached hydrogens (tertiary/aromatic N) is 1. The SMILES string of the molecule is O=[N+]([O-])CC(O)c1ccc(O)cc1. The van der Waals surface area contributed by atoms with Gasteiger partial charge in [0.05, 0.1) is 0 Å². The molecule has 1 atom stereocenters. The molecule has 0 spiro atoms. The third kappa shape index (κ3) is 2.72. The summed E-state index contributed by atoms with van der Waals surface area (Å²) < 4.78 is 0. The van der Waals surface area contributed by atoms with Crippen molar-refractivity contribution in [3.63, 3.8) is 0 Å². The first kappa shape index (κ1) is 9.47. The van der Waals surface area contributed by atoms with Crippen molar-refractivity contribution in [1.29, 1.82) is 0 Å². The van der Waals surface area contributed by atoms with Crippen LogP contribution < -0.4 is 0 Å². The summed E-state index contributed by atoms with van der Waals surface area (Å²) in [6.07, 6.45) is -1.12. The van der Waals surface area contributed by atoms with Crippen molar-refractivity contribution in [2.45, 2.75) is 6.10 Å². The molecule has 0 aliphatic carbocycles. The second kappa shape index (κ2) is 3.86. The highest BCUT2D eigenvalue weighted by Crippen LogP contribution is 2.16. The van der Waals surface area contributed by atoms with Gasteiger partial charge in [-0.2, -0.15) is 0 Å². The number of phenols is 1. The van der Waals surface area contributed by atoms with Crippen LogP contribution in [0.4, 0.5) is 0 Å². The van der Waals surface area contributed by atoms with Gasteiger partial charge in [0, 0.05) is 4.92 Å². The highest BCUT2D eigenvalue weighted by molar-refractivity contribution is 5.27. The maximum atomic E-state index is 10.0. The lowest BCUT2D eigenvalue weighted by atomic mass is 10.1. The molecule has 1 aromatic carbocycles. The second-order valence-corrected chi connectivity index (χ2v) is 2.62. The maximum absolute atomic E-state index is 10.0. The zero-order valence-corrected chi connectivity index (χ0v) is 6.75. The molecule has 70 valence electrons. The van der Waals surface area contributed by atoms with Gasteiger partial charge in [0.25, 0.3) is 0 Å². The van der Waals surface area contributed by atoms with Crippen molar-refractivity contribution in [2.24, 2.45) is 0 Å². The first-order valence-electron chi connectivity index (χ1n) is 3.68. The molecule has 5 nitrogen and oxygen atoms in total. The van der Waals surface area contributed by atoms with Crippen LogP contribution >= 0.6 is 0 Å². The Hall–Kier alpha value is -1.62. The van der Waals surface area contributed by atoms with Crippen LogP contribution in [0.1, 0.15) is 11.7 Å². The summed E-state index contributed by atoms with van der Waals surface area (Å²) in [6, 6.07) is 5.64. The molecule has 0 fully saturated rings. The zero-order chi connectivity index (χ0) is 9.84. The van der Waals surface area contributed by atoms with Gasteiger partial charge in [0.2, 0.25) is 6.54 Å². The van der Waals surface area contributed by atoms with E-state index >= 15 is 0 Å². The number of rotatable bonds is 3. The summed E-state index contributed by atoms with van der Waals surface area (Å²) in [5, 5.41) is 28.2. The van der Waals surface area contributed by atoms with Crippen molar-refractivity contribution in [3.8, 4) is 5.75 Å². The zero-order valence-electron chi connectivity index (χ0n) is 6.75. The smallest absolute Gasteiger partial charge is 0.233 e. The van der Waals surface area contributed by atoms with Crippen molar-refractivity contribution in [1.82, 2.24) is 0 Å². The lowest BCUT2D eigenvalue weighted by Crippen LogP contribution is -2.11. The molecule has 0 aliphatic rings. The van der Waals surface area contributed by atoms with Crippen LogP contribution in [0.2, 0.25) is 0 Å². The monoisotopic (exact) mass is 183 g/mol. The molecule has 0 amide bonds. The van der Waals surface area contributed by atoms with Gasteiger partial charge in [-0.1, -0.05) is 12.1 Å². The Kier molecular flexibility index (Phi) is 2.81. The van der Waals surface area contributed by atoms with Gasteiger partial charge in [0.1, 0.15) is 11.9 Å². The minimum atomic E-state index is -1.12. The molecule has 1 unspecified atom stereocenters. The molecule has 0 radical (unpaired) electrons. The largest absolute Gasteiger partial charge is 0.508 e. The fourth-order valence-corrected chi connectivity index (χ4v) is 0.943. The molecule has 1 aromatic rings. The van der Waals surface area contributed by atoms with E-state index in [1.54, 1.807) is 0 Å². The Balaban J connectivity index is 2.71. The van der Waals surface area contributed by atoms with Crippen molar-refractivity contribution in [2.75, 3.05) is 6.54 Å². The highest BCUT2D eigenvalue weighted by Gasteiger charge is 2.13. The van der Waals surface area contributed by atoms with Gasteiger partial charge < -0.3 is 10.2 Å². The number of benzene rings is 1. The summed E-state index contributed by atoms with van der Waals surface area (Å²) in [7, 11) is 0. The predicted molar refractivity (Wildman–Crippen MR) is 44.9 cm³/mol. The molecule has 1 rings (SSSR count). The molecule has 0 bridgehead atoms. The molecule has 13 heavy (non-hydrogen) atoms. The third-order valence-electron chi connectivity index (χ3n) is 1.60. The van der Waals surface area contributed by atoms with E-state index in [1.165, 1.54) is 24.3 Å². The van der Waals surface area contributed by atoms with Crippen molar-refractivity contribution < 1.29 is 15.1 Å². The molecule has 0 saturated carbocycles. The van der Waals surface area contributed by atoms with Crippen LogP contribution in [0.3, 0.4) is 0 Å². The Morgan fingerprint density at radius 1 is 1.38 bits per heavy atom. The summed E-state index contributed by atoms with van der Waals surface area (Å²) >= 11 is 0. The minimum Gasteiger partial charge on any atom is -0.508 e. The fraction of sp³-hybridized carbons (Fsp3) is 0.250. The van der Waals surface area contributed by atoms with E-state index in [1.807, 2.05) is 0 Å². The van der Waals surface area contributed by atoms with Crippen LogP contribution in [-0.4, -0.2) is 21.7 Å². The van der Waals surface area contributed by atoms with Gasteiger partial charge >= 0.3 is 0 Å². The molecule has 0 saturated heterocycles. The summed E-state index contributed by atoms with van der Waals surface area (Å²) in [6.45, 7) is -0.523. The Bertz CT molecular complexity index is 296. The van der Waals surface area contributed by atoms with Crippen LogP contribution in [0, 0.1) is 10.1 Å². The van der Waals surface area contributed by atoms with E-state index in [2.05, 4.69) is 0 Å². The summed E-state index contributed by atoms with van der Waals surface area (Å²) in [4.78, 5) is 9.46. The standard InChI is InChI=1S/C8H9NO4/c10-7-3-1-6(2-4-7)8(11)5-9(12)13/h1-4,8,10-11H,5H2. The summed E-state index contributed by atoms with van der Waals surface area (Å²) in [5.41, 5.74) is 0.425. The number of nitro groups is 1. The Morgan fingerprint density at radius 3 is 2.38 bits per heavy atom. The first-order valence-corrected chi connectivity index (χ1v) is 3.68. The highest BCUT2D eigenvalue weighted by atomic mass is 16.6. The van der Waals surface area contributed by atoms with E-state index in [4.69, 9.17) is 5.11 Å². The van der Waals surface area contributed by atoms with E-state index in [-0.39, 0.29) is 5.75 Å². The average Bonchev–Trinajstić information content (AvgIpc) is 2.04. The van der Waals surface area contributed by atoms with Crippen LogP contribution in [0.25, 0.3) is 0 Å². The van der Waals surface area contributed by atoms with Gasteiger partial charge in [-0.3, -0.25) is 10.1 Å². The van der Waals surface area contributed by atoms with E-state index in [0.29, 0.717) is 5.56 Å². The molecular weight excluding hydrogens is 174 g/mol. The quantitative estimate of drug-likeness (QED) is 0.533. The van der Waals surface area contributed by atoms with Gasteiger partial charge in [0.15, 0.2) is 0 Å². The number of aliphatic hydroxyl groups excluding tert-OH is 1. The van der Waals surface area contributed by atoms with E-state index in [9.17, 15) is 15.2 Å². The Morgan fingerprint density at radius 2 is 1.92 bits per heavy atom. The summed E-state index contributed by atoms with van der Waals surface area (Å²) in [5.74, 6) is 0.0667. The normalized spacial score (nSPS) is 12.4. The molecule has 0 aromatic heterocycles. The predicted octanol–water partition coefficient (Wildman–Crippen LogP) is 0.702. The molecular formula is C8H9NO4. The van der Waals surface area contributed by atoms with Crippen molar-refractivity contribution in [3.05, 3.63) is 39.9 Å². The topological polar surface area (TPSA) is 83.6 Å². The molecule has 5 heteroatoms. The van der Waals surface area contributed by atoms with Gasteiger partial charge in [-0.25, -0.2) is 0 Å². The number of hydrogen-bond donors (Lipinski definition) is 2. The third-order valence-corrected chi connectivity index (χ3v) is 1.60. The van der Waals surface area contributed by atoms with E-state index < -0.39 is 17.6 Å². The second-order valence-electron chi connectivity index (χ2n) is 2.62. The fourth-order valence-electron chi connectivity index (χ4n) is 0.943. The molecule has 2 N–H and O–H groups in total. The number of phenolic OH excluding ortho intramolecular Hbond substituents is 1. The van der Waals surface area contributed by atoms with Gasteiger partial charge in [-0.15, -0.1) is 0 Å².